The van der Waals surface area contributed by atoms with E-state index in [0.29, 0.717) is 13.0 Å². The fourth-order valence-electron chi connectivity index (χ4n) is 1.92. The van der Waals surface area contributed by atoms with Crippen molar-refractivity contribution in [1.82, 2.24) is 4.72 Å². The van der Waals surface area contributed by atoms with Crippen molar-refractivity contribution in [1.29, 1.82) is 0 Å². The van der Waals surface area contributed by atoms with Crippen molar-refractivity contribution in [3.05, 3.63) is 0 Å². The van der Waals surface area contributed by atoms with Gasteiger partial charge in [-0.1, -0.05) is 47.0 Å². The molecule has 0 radical (unpaired) electrons. The van der Waals surface area contributed by atoms with Crippen LogP contribution in [0.15, 0.2) is 0 Å². The molecule has 0 spiro atoms. The van der Waals surface area contributed by atoms with Crippen LogP contribution in [0.3, 0.4) is 0 Å². The first-order chi connectivity index (χ1) is 7.45. The summed E-state index contributed by atoms with van der Waals surface area (Å²) in [5, 5.41) is -0.251. The quantitative estimate of drug-likeness (QED) is 0.639. The first-order valence-corrected chi connectivity index (χ1v) is 7.98. The highest BCUT2D eigenvalue weighted by Gasteiger charge is 2.25. The Bertz CT molecular complexity index is 260. The van der Waals surface area contributed by atoms with Gasteiger partial charge in [0.2, 0.25) is 10.0 Å². The number of hydrogen-bond donors (Lipinski definition) is 1. The minimum atomic E-state index is -3.11. The van der Waals surface area contributed by atoms with Gasteiger partial charge in [0.1, 0.15) is 0 Å². The normalized spacial score (nSPS) is 14.3. The predicted molar refractivity (Wildman–Crippen MR) is 70.0 cm³/mol. The summed E-state index contributed by atoms with van der Waals surface area (Å²) >= 11 is 0. The molecule has 3 nitrogen and oxygen atoms in total. The molecule has 98 valence electrons. The average molecular weight is 249 g/mol. The first kappa shape index (κ1) is 15.9. The number of rotatable bonds is 9. The van der Waals surface area contributed by atoms with Gasteiger partial charge < -0.3 is 0 Å². The Morgan fingerprint density at radius 1 is 1.06 bits per heavy atom. The lowest BCUT2D eigenvalue weighted by atomic mass is 10.1. The summed E-state index contributed by atoms with van der Waals surface area (Å²) in [4.78, 5) is 0. The predicted octanol–water partition coefficient (Wildman–Crippen LogP) is 2.92. The van der Waals surface area contributed by atoms with E-state index in [9.17, 15) is 8.42 Å². The lowest BCUT2D eigenvalue weighted by molar-refractivity contribution is 0.509. The van der Waals surface area contributed by atoms with Gasteiger partial charge in [-0.2, -0.15) is 0 Å². The van der Waals surface area contributed by atoms with Crippen LogP contribution in [-0.2, 0) is 10.0 Å². The van der Waals surface area contributed by atoms with Crippen molar-refractivity contribution in [3.63, 3.8) is 0 Å². The van der Waals surface area contributed by atoms with Crippen LogP contribution in [-0.4, -0.2) is 20.2 Å². The fraction of sp³-hybridized carbons (Fsp3) is 1.00. The van der Waals surface area contributed by atoms with Gasteiger partial charge in [0.05, 0.1) is 5.25 Å². The highest BCUT2D eigenvalue weighted by molar-refractivity contribution is 7.90. The van der Waals surface area contributed by atoms with Gasteiger partial charge in [-0.3, -0.25) is 0 Å². The summed E-state index contributed by atoms with van der Waals surface area (Å²) in [5.74, 6) is 0.179. The van der Waals surface area contributed by atoms with Gasteiger partial charge in [0.25, 0.3) is 0 Å². The van der Waals surface area contributed by atoms with Gasteiger partial charge in [-0.25, -0.2) is 13.1 Å². The number of unbranched alkanes of at least 4 members (excludes halogenated alkanes) is 3. The van der Waals surface area contributed by atoms with Crippen molar-refractivity contribution in [2.45, 2.75) is 65.0 Å². The molecule has 0 aliphatic heterocycles. The molecule has 0 aliphatic rings. The highest BCUT2D eigenvalue weighted by atomic mass is 32.2. The van der Waals surface area contributed by atoms with Gasteiger partial charge in [-0.05, 0) is 18.8 Å². The number of nitrogens with one attached hydrogen (secondary N) is 1. The zero-order valence-electron chi connectivity index (χ0n) is 11.1. The molecule has 0 heterocycles. The molecule has 0 aromatic rings. The number of hydrogen-bond acceptors (Lipinski definition) is 2. The summed E-state index contributed by atoms with van der Waals surface area (Å²) in [6, 6.07) is 0. The van der Waals surface area contributed by atoms with E-state index >= 15 is 0 Å². The molecule has 1 N–H and O–H groups in total. The molecule has 0 bridgehead atoms. The minimum absolute atomic E-state index is 0.179. The monoisotopic (exact) mass is 249 g/mol. The van der Waals surface area contributed by atoms with Gasteiger partial charge in [0.15, 0.2) is 0 Å². The van der Waals surface area contributed by atoms with E-state index in [2.05, 4.69) is 11.6 Å². The van der Waals surface area contributed by atoms with Crippen LogP contribution in [0.25, 0.3) is 0 Å². The maximum Gasteiger partial charge on any atom is 0.214 e. The van der Waals surface area contributed by atoms with E-state index < -0.39 is 10.0 Å². The first-order valence-electron chi connectivity index (χ1n) is 6.44. The molecule has 0 aromatic carbocycles. The molecular formula is C12H27NO2S. The van der Waals surface area contributed by atoms with Crippen LogP contribution >= 0.6 is 0 Å². The lowest BCUT2D eigenvalue weighted by Crippen LogP contribution is -2.37. The zero-order chi connectivity index (χ0) is 12.6. The molecule has 0 aromatic heterocycles. The van der Waals surface area contributed by atoms with E-state index in [1.807, 2.05) is 20.8 Å². The Kier molecular flexibility index (Phi) is 8.02. The largest absolute Gasteiger partial charge is 0.215 e. The third kappa shape index (κ3) is 5.85. The molecule has 0 saturated heterocycles. The lowest BCUT2D eigenvalue weighted by Gasteiger charge is -2.19. The van der Waals surface area contributed by atoms with E-state index in [1.54, 1.807) is 0 Å². The molecule has 0 aliphatic carbocycles. The van der Waals surface area contributed by atoms with E-state index in [-0.39, 0.29) is 11.2 Å². The Hall–Kier alpha value is -0.0900. The summed E-state index contributed by atoms with van der Waals surface area (Å²) in [6.45, 7) is 8.59. The van der Waals surface area contributed by atoms with Gasteiger partial charge in [-0.15, -0.1) is 0 Å². The van der Waals surface area contributed by atoms with Crippen LogP contribution in [0.2, 0.25) is 0 Å². The van der Waals surface area contributed by atoms with Crippen molar-refractivity contribution >= 4 is 10.0 Å². The smallest absolute Gasteiger partial charge is 0.214 e. The molecule has 4 heteroatoms. The molecule has 16 heavy (non-hydrogen) atoms. The molecule has 1 unspecified atom stereocenters. The molecule has 1 atom stereocenters. The highest BCUT2D eigenvalue weighted by Crippen LogP contribution is 2.14. The maximum atomic E-state index is 11.9. The topological polar surface area (TPSA) is 46.2 Å². The standard InChI is InChI=1S/C12H27NO2S/c1-5-7-8-9-10-13-16(14,15)12(6-2)11(3)4/h11-13H,5-10H2,1-4H3. The van der Waals surface area contributed by atoms with Crippen LogP contribution in [0, 0.1) is 5.92 Å². The van der Waals surface area contributed by atoms with Crippen LogP contribution in [0.4, 0.5) is 0 Å². The van der Waals surface area contributed by atoms with Crippen molar-refractivity contribution in [2.24, 2.45) is 5.92 Å². The van der Waals surface area contributed by atoms with E-state index in [1.165, 1.54) is 12.8 Å². The van der Waals surface area contributed by atoms with Crippen LogP contribution < -0.4 is 4.72 Å². The Morgan fingerprint density at radius 3 is 2.12 bits per heavy atom. The Balaban J connectivity index is 4.03. The van der Waals surface area contributed by atoms with Crippen molar-refractivity contribution < 1.29 is 8.42 Å². The van der Waals surface area contributed by atoms with Crippen molar-refractivity contribution in [3.8, 4) is 0 Å². The van der Waals surface area contributed by atoms with Crippen LogP contribution in [0.5, 0.6) is 0 Å². The average Bonchev–Trinajstić information content (AvgIpc) is 2.17. The second-order valence-corrected chi connectivity index (χ2v) is 6.67. The summed E-state index contributed by atoms with van der Waals surface area (Å²) in [6.07, 6.45) is 5.10. The summed E-state index contributed by atoms with van der Waals surface area (Å²) in [5.41, 5.74) is 0. The summed E-state index contributed by atoms with van der Waals surface area (Å²) in [7, 11) is -3.11. The molecule has 0 amide bonds. The number of sulfonamides is 1. The van der Waals surface area contributed by atoms with E-state index in [0.717, 1.165) is 12.8 Å². The van der Waals surface area contributed by atoms with Gasteiger partial charge >= 0.3 is 0 Å². The van der Waals surface area contributed by atoms with Crippen molar-refractivity contribution in [2.75, 3.05) is 6.54 Å². The SMILES string of the molecule is CCCCCCNS(=O)(=O)C(CC)C(C)C. The molecule has 0 rings (SSSR count). The second kappa shape index (κ2) is 8.07. The molecular weight excluding hydrogens is 222 g/mol. The van der Waals surface area contributed by atoms with E-state index in [4.69, 9.17) is 0 Å². The minimum Gasteiger partial charge on any atom is -0.215 e. The molecule has 0 saturated carbocycles. The maximum absolute atomic E-state index is 11.9. The third-order valence-electron chi connectivity index (χ3n) is 2.88. The zero-order valence-corrected chi connectivity index (χ0v) is 11.9. The van der Waals surface area contributed by atoms with Crippen LogP contribution in [0.1, 0.15) is 59.8 Å². The fourth-order valence-corrected chi connectivity index (χ4v) is 3.72. The Morgan fingerprint density at radius 2 is 1.69 bits per heavy atom. The molecule has 0 fully saturated rings. The third-order valence-corrected chi connectivity index (χ3v) is 5.16. The summed E-state index contributed by atoms with van der Waals surface area (Å²) < 4.78 is 26.6. The second-order valence-electron chi connectivity index (χ2n) is 4.69. The van der Waals surface area contributed by atoms with Gasteiger partial charge in [0, 0.05) is 6.54 Å². The Labute approximate surface area is 101 Å².